The van der Waals surface area contributed by atoms with Crippen LogP contribution in [0.2, 0.25) is 0 Å². The van der Waals surface area contributed by atoms with Gasteiger partial charge in [-0.25, -0.2) is 0 Å². The van der Waals surface area contributed by atoms with Gasteiger partial charge in [0.2, 0.25) is 0 Å². The van der Waals surface area contributed by atoms with E-state index in [-0.39, 0.29) is 11.9 Å². The van der Waals surface area contributed by atoms with Crippen molar-refractivity contribution in [3.8, 4) is 0 Å². The molecule has 1 aromatic carbocycles. The molecule has 98 valence electrons. The van der Waals surface area contributed by atoms with E-state index in [1.54, 1.807) is 6.26 Å². The normalized spacial score (nSPS) is 28.9. The molecule has 2 heterocycles. The molecule has 1 saturated heterocycles. The average molecular weight is 256 g/mol. The zero-order chi connectivity index (χ0) is 12.8. The Bertz CT molecular complexity index is 634. The van der Waals surface area contributed by atoms with Gasteiger partial charge in [0.05, 0.1) is 6.26 Å². The summed E-state index contributed by atoms with van der Waals surface area (Å²) in [7, 11) is 0. The van der Waals surface area contributed by atoms with Crippen LogP contribution in [0.25, 0.3) is 11.0 Å². The molecule has 1 aliphatic carbocycles. The number of furan rings is 1. The predicted octanol–water partition coefficient (Wildman–Crippen LogP) is 1.91. The number of nitrogens with one attached hydrogen (secondary N) is 2. The minimum Gasteiger partial charge on any atom is -0.464 e. The quantitative estimate of drug-likeness (QED) is 0.863. The molecule has 0 unspecified atom stereocenters. The summed E-state index contributed by atoms with van der Waals surface area (Å²) in [5, 5.41) is 7.58. The topological polar surface area (TPSA) is 54.3 Å². The summed E-state index contributed by atoms with van der Waals surface area (Å²) in [5.74, 6) is 0.758. The van der Waals surface area contributed by atoms with Crippen molar-refractivity contribution in [1.82, 2.24) is 10.6 Å². The lowest BCUT2D eigenvalue weighted by molar-refractivity contribution is 0.0928. The molecule has 2 aliphatic rings. The molecule has 4 rings (SSSR count). The highest BCUT2D eigenvalue weighted by Crippen LogP contribution is 2.31. The van der Waals surface area contributed by atoms with Crippen molar-refractivity contribution < 1.29 is 9.21 Å². The van der Waals surface area contributed by atoms with Crippen molar-refractivity contribution in [2.24, 2.45) is 5.92 Å². The van der Waals surface area contributed by atoms with Gasteiger partial charge in [-0.2, -0.15) is 0 Å². The van der Waals surface area contributed by atoms with E-state index in [0.29, 0.717) is 11.6 Å². The maximum Gasteiger partial charge on any atom is 0.251 e. The molecule has 1 amide bonds. The second-order valence-electron chi connectivity index (χ2n) is 5.61. The number of piperidine rings is 1. The van der Waals surface area contributed by atoms with E-state index in [1.165, 1.54) is 6.42 Å². The van der Waals surface area contributed by atoms with E-state index in [9.17, 15) is 4.79 Å². The van der Waals surface area contributed by atoms with Gasteiger partial charge in [-0.15, -0.1) is 0 Å². The van der Waals surface area contributed by atoms with Crippen LogP contribution in [-0.2, 0) is 0 Å². The van der Waals surface area contributed by atoms with Crippen molar-refractivity contribution >= 4 is 16.9 Å². The second kappa shape index (κ2) is 4.10. The first-order valence-electron chi connectivity index (χ1n) is 6.81. The minimum absolute atomic E-state index is 0.0162. The van der Waals surface area contributed by atoms with Gasteiger partial charge in [-0.1, -0.05) is 0 Å². The molecule has 1 aliphatic heterocycles. The maximum absolute atomic E-state index is 12.3. The van der Waals surface area contributed by atoms with Crippen molar-refractivity contribution in [3.05, 3.63) is 36.1 Å². The Morgan fingerprint density at radius 3 is 3.05 bits per heavy atom. The highest BCUT2D eigenvalue weighted by atomic mass is 16.3. The minimum atomic E-state index is 0.0162. The van der Waals surface area contributed by atoms with E-state index in [4.69, 9.17) is 4.42 Å². The molecule has 1 saturated carbocycles. The largest absolute Gasteiger partial charge is 0.464 e. The molecular weight excluding hydrogens is 240 g/mol. The Hall–Kier alpha value is -1.81. The number of amides is 1. The van der Waals surface area contributed by atoms with E-state index in [2.05, 4.69) is 10.6 Å². The summed E-state index contributed by atoms with van der Waals surface area (Å²) in [4.78, 5) is 12.3. The highest BCUT2D eigenvalue weighted by molar-refractivity contribution is 5.97. The average Bonchev–Trinajstić information content (AvgIpc) is 3.13. The summed E-state index contributed by atoms with van der Waals surface area (Å²) in [5.41, 5.74) is 1.52. The number of carbonyl (C=O) groups is 1. The molecule has 4 nitrogen and oxygen atoms in total. The number of rotatable bonds is 2. The summed E-state index contributed by atoms with van der Waals surface area (Å²) in [6, 6.07) is 8.18. The van der Waals surface area contributed by atoms with Crippen molar-refractivity contribution in [1.29, 1.82) is 0 Å². The van der Waals surface area contributed by atoms with Crippen LogP contribution in [0.1, 0.15) is 23.2 Å². The SMILES string of the molecule is O=C(N[C@H]1C[C@@H]2CN[C@@H]1C2)c1ccc2occc2c1. The van der Waals surface area contributed by atoms with Gasteiger partial charge in [0.1, 0.15) is 5.58 Å². The van der Waals surface area contributed by atoms with Crippen LogP contribution in [0.3, 0.4) is 0 Å². The van der Waals surface area contributed by atoms with Gasteiger partial charge in [-0.05, 0) is 49.6 Å². The lowest BCUT2D eigenvalue weighted by atomic mass is 10.1. The fourth-order valence-electron chi connectivity index (χ4n) is 3.37. The van der Waals surface area contributed by atoms with Gasteiger partial charge in [0.15, 0.2) is 0 Å². The third kappa shape index (κ3) is 1.83. The van der Waals surface area contributed by atoms with Crippen molar-refractivity contribution in [2.45, 2.75) is 24.9 Å². The van der Waals surface area contributed by atoms with E-state index in [0.717, 1.165) is 29.9 Å². The first-order valence-corrected chi connectivity index (χ1v) is 6.81. The Labute approximate surface area is 111 Å². The Morgan fingerprint density at radius 1 is 1.32 bits per heavy atom. The number of carbonyl (C=O) groups excluding carboxylic acids is 1. The summed E-state index contributed by atoms with van der Waals surface area (Å²) in [6.45, 7) is 1.11. The molecule has 2 N–H and O–H groups in total. The lowest BCUT2D eigenvalue weighted by Crippen LogP contribution is -2.47. The van der Waals surface area contributed by atoms with Gasteiger partial charge in [0.25, 0.3) is 5.91 Å². The zero-order valence-corrected chi connectivity index (χ0v) is 10.6. The molecule has 3 atom stereocenters. The Kier molecular flexibility index (Phi) is 2.38. The molecule has 19 heavy (non-hydrogen) atoms. The second-order valence-corrected chi connectivity index (χ2v) is 5.61. The summed E-state index contributed by atoms with van der Waals surface area (Å²) in [6.07, 6.45) is 3.95. The number of hydrogen-bond acceptors (Lipinski definition) is 3. The van der Waals surface area contributed by atoms with Crippen LogP contribution >= 0.6 is 0 Å². The van der Waals surface area contributed by atoms with Gasteiger partial charge < -0.3 is 15.1 Å². The molecular formula is C15H16N2O2. The van der Waals surface area contributed by atoms with Gasteiger partial charge in [-0.3, -0.25) is 4.79 Å². The Morgan fingerprint density at radius 2 is 2.26 bits per heavy atom. The zero-order valence-electron chi connectivity index (χ0n) is 10.6. The first kappa shape index (κ1) is 11.1. The third-order valence-electron chi connectivity index (χ3n) is 4.36. The number of fused-ring (bicyclic) bond motifs is 3. The van der Waals surface area contributed by atoms with Crippen LogP contribution in [0.4, 0.5) is 0 Å². The smallest absolute Gasteiger partial charge is 0.251 e. The summed E-state index contributed by atoms with van der Waals surface area (Å²) < 4.78 is 5.28. The Balaban J connectivity index is 1.53. The van der Waals surface area contributed by atoms with Crippen LogP contribution in [0.5, 0.6) is 0 Å². The first-order chi connectivity index (χ1) is 9.29. The molecule has 1 aromatic heterocycles. The van der Waals surface area contributed by atoms with Gasteiger partial charge >= 0.3 is 0 Å². The van der Waals surface area contributed by atoms with E-state index < -0.39 is 0 Å². The molecule has 0 radical (unpaired) electrons. The fraction of sp³-hybridized carbons (Fsp3) is 0.400. The summed E-state index contributed by atoms with van der Waals surface area (Å²) >= 11 is 0. The monoisotopic (exact) mass is 256 g/mol. The molecule has 2 aromatic rings. The number of benzene rings is 1. The number of hydrogen-bond donors (Lipinski definition) is 2. The van der Waals surface area contributed by atoms with E-state index in [1.807, 2.05) is 24.3 Å². The lowest BCUT2D eigenvalue weighted by Gasteiger charge is -2.23. The van der Waals surface area contributed by atoms with E-state index >= 15 is 0 Å². The molecule has 2 bridgehead atoms. The van der Waals surface area contributed by atoms with Crippen molar-refractivity contribution in [3.63, 3.8) is 0 Å². The molecule has 4 heteroatoms. The molecule has 0 spiro atoms. The third-order valence-corrected chi connectivity index (χ3v) is 4.36. The standard InChI is InChI=1S/C15H16N2O2/c18-15(17-13-6-9-5-12(13)16-8-9)11-1-2-14-10(7-11)3-4-19-14/h1-4,7,9,12-13,16H,5-6,8H2,(H,17,18)/t9-,12-,13+/m1/s1. The van der Waals surface area contributed by atoms with Crippen molar-refractivity contribution in [2.75, 3.05) is 6.54 Å². The van der Waals surface area contributed by atoms with Gasteiger partial charge in [0, 0.05) is 23.0 Å². The maximum atomic E-state index is 12.3. The fourth-order valence-corrected chi connectivity index (χ4v) is 3.37. The van der Waals surface area contributed by atoms with Crippen LogP contribution in [-0.4, -0.2) is 24.5 Å². The predicted molar refractivity (Wildman–Crippen MR) is 72.0 cm³/mol. The van der Waals surface area contributed by atoms with Crippen LogP contribution in [0, 0.1) is 5.92 Å². The van der Waals surface area contributed by atoms with Crippen LogP contribution < -0.4 is 10.6 Å². The van der Waals surface area contributed by atoms with Crippen LogP contribution in [0.15, 0.2) is 34.9 Å². The highest BCUT2D eigenvalue weighted by Gasteiger charge is 2.39. The molecule has 2 fully saturated rings.